The van der Waals surface area contributed by atoms with E-state index < -0.39 is 0 Å². The summed E-state index contributed by atoms with van der Waals surface area (Å²) in [5.41, 5.74) is 1.03. The minimum Gasteiger partial charge on any atom is -0.493 e. The summed E-state index contributed by atoms with van der Waals surface area (Å²) < 4.78 is 18.7. The largest absolute Gasteiger partial charge is 0.493 e. The van der Waals surface area contributed by atoms with E-state index in [1.54, 1.807) is 12.1 Å². The minimum absolute atomic E-state index is 0.156. The van der Waals surface area contributed by atoms with E-state index in [4.69, 9.17) is 4.74 Å². The van der Waals surface area contributed by atoms with Gasteiger partial charge >= 0.3 is 0 Å². The number of benzene rings is 1. The maximum absolute atomic E-state index is 13.1. The quantitative estimate of drug-likeness (QED) is 0.701. The van der Waals surface area contributed by atoms with Crippen molar-refractivity contribution in [2.24, 2.45) is 5.92 Å². The number of hydrogen-bond acceptors (Lipinski definition) is 1. The number of rotatable bonds is 4. The van der Waals surface area contributed by atoms with Crippen molar-refractivity contribution >= 4 is 0 Å². The number of halogens is 1. The van der Waals surface area contributed by atoms with Crippen molar-refractivity contribution in [1.29, 1.82) is 0 Å². The summed E-state index contributed by atoms with van der Waals surface area (Å²) in [7, 11) is 0. The first-order valence-corrected chi connectivity index (χ1v) is 6.21. The molecule has 16 heavy (non-hydrogen) atoms. The van der Waals surface area contributed by atoms with E-state index in [2.05, 4.69) is 6.92 Å². The van der Waals surface area contributed by atoms with Gasteiger partial charge in [0, 0.05) is 0 Å². The van der Waals surface area contributed by atoms with E-state index in [-0.39, 0.29) is 5.82 Å². The average Bonchev–Trinajstić information content (AvgIpc) is 2.29. The lowest BCUT2D eigenvalue weighted by atomic mass is 9.92. The van der Waals surface area contributed by atoms with Gasteiger partial charge in [-0.15, -0.1) is 0 Å². The molecule has 1 atom stereocenters. The molecule has 2 rings (SSSR count). The lowest BCUT2D eigenvalue weighted by Gasteiger charge is -2.25. The van der Waals surface area contributed by atoms with E-state index in [1.165, 1.54) is 31.7 Å². The smallest absolute Gasteiger partial charge is 0.123 e. The van der Waals surface area contributed by atoms with E-state index in [9.17, 15) is 4.39 Å². The highest BCUT2D eigenvalue weighted by atomic mass is 19.1. The third-order valence-corrected chi connectivity index (χ3v) is 3.22. The standard InChI is InChI=1S/C14H19FO/c1-2-3-4-5-11-8-12-9-13(15)6-7-14(12)16-10-11/h6-7,9,11H,2-5,8,10H2,1H3. The second kappa shape index (κ2) is 5.33. The number of hydrogen-bond donors (Lipinski definition) is 0. The van der Waals surface area contributed by atoms with Crippen molar-refractivity contribution < 1.29 is 9.13 Å². The van der Waals surface area contributed by atoms with Gasteiger partial charge in [-0.3, -0.25) is 0 Å². The van der Waals surface area contributed by atoms with Gasteiger partial charge in [0.15, 0.2) is 0 Å². The fourth-order valence-corrected chi connectivity index (χ4v) is 2.29. The first-order valence-electron chi connectivity index (χ1n) is 6.21. The Kier molecular flexibility index (Phi) is 3.81. The van der Waals surface area contributed by atoms with Crippen LogP contribution in [0, 0.1) is 11.7 Å². The summed E-state index contributed by atoms with van der Waals surface area (Å²) in [6, 6.07) is 4.82. The molecule has 1 aliphatic heterocycles. The third-order valence-electron chi connectivity index (χ3n) is 3.22. The predicted molar refractivity (Wildman–Crippen MR) is 63.2 cm³/mol. The molecule has 0 spiro atoms. The molecule has 0 N–H and O–H groups in total. The van der Waals surface area contributed by atoms with Crippen molar-refractivity contribution in [2.75, 3.05) is 6.61 Å². The zero-order chi connectivity index (χ0) is 11.4. The van der Waals surface area contributed by atoms with Crippen LogP contribution in [0.4, 0.5) is 4.39 Å². The molecule has 1 aromatic rings. The summed E-state index contributed by atoms with van der Waals surface area (Å²) >= 11 is 0. The lowest BCUT2D eigenvalue weighted by molar-refractivity contribution is 0.210. The summed E-state index contributed by atoms with van der Waals surface area (Å²) in [6.07, 6.45) is 5.96. The topological polar surface area (TPSA) is 9.23 Å². The maximum atomic E-state index is 13.1. The van der Waals surface area contributed by atoms with Gasteiger partial charge in [0.1, 0.15) is 11.6 Å². The SMILES string of the molecule is CCCCCC1COc2ccc(F)cc2C1. The van der Waals surface area contributed by atoms with Crippen LogP contribution in [0.25, 0.3) is 0 Å². The first-order chi connectivity index (χ1) is 7.79. The molecule has 1 unspecified atom stereocenters. The average molecular weight is 222 g/mol. The van der Waals surface area contributed by atoms with Gasteiger partial charge in [0.05, 0.1) is 6.61 Å². The molecule has 0 saturated carbocycles. The maximum Gasteiger partial charge on any atom is 0.123 e. The second-order valence-electron chi connectivity index (χ2n) is 4.63. The van der Waals surface area contributed by atoms with Gasteiger partial charge in [-0.2, -0.15) is 0 Å². The van der Waals surface area contributed by atoms with Crippen LogP contribution in [0.3, 0.4) is 0 Å². The molecule has 0 fully saturated rings. The Labute approximate surface area is 96.6 Å². The zero-order valence-electron chi connectivity index (χ0n) is 9.84. The van der Waals surface area contributed by atoms with Crippen molar-refractivity contribution in [1.82, 2.24) is 0 Å². The summed E-state index contributed by atoms with van der Waals surface area (Å²) in [5, 5.41) is 0. The second-order valence-corrected chi connectivity index (χ2v) is 4.63. The molecule has 0 radical (unpaired) electrons. The van der Waals surface area contributed by atoms with Crippen LogP contribution >= 0.6 is 0 Å². The zero-order valence-corrected chi connectivity index (χ0v) is 9.84. The van der Waals surface area contributed by atoms with Crippen molar-refractivity contribution in [3.63, 3.8) is 0 Å². The summed E-state index contributed by atoms with van der Waals surface area (Å²) in [4.78, 5) is 0. The Hall–Kier alpha value is -1.05. The monoisotopic (exact) mass is 222 g/mol. The minimum atomic E-state index is -0.156. The van der Waals surface area contributed by atoms with Crippen molar-refractivity contribution in [2.45, 2.75) is 39.0 Å². The summed E-state index contributed by atoms with van der Waals surface area (Å²) in [6.45, 7) is 3.00. The Morgan fingerprint density at radius 1 is 1.38 bits per heavy atom. The van der Waals surface area contributed by atoms with Crippen LogP contribution in [0.15, 0.2) is 18.2 Å². The van der Waals surface area contributed by atoms with Crippen LogP contribution < -0.4 is 4.74 Å². The molecule has 1 aromatic carbocycles. The molecule has 0 aromatic heterocycles. The predicted octanol–water partition coefficient (Wildman–Crippen LogP) is 3.96. The number of fused-ring (bicyclic) bond motifs is 1. The van der Waals surface area contributed by atoms with E-state index in [1.807, 2.05) is 0 Å². The van der Waals surface area contributed by atoms with Crippen molar-refractivity contribution in [3.8, 4) is 5.75 Å². The van der Waals surface area contributed by atoms with E-state index in [0.29, 0.717) is 5.92 Å². The lowest BCUT2D eigenvalue weighted by Crippen LogP contribution is -2.20. The Morgan fingerprint density at radius 3 is 3.06 bits per heavy atom. The van der Waals surface area contributed by atoms with Crippen LogP contribution in [-0.4, -0.2) is 6.61 Å². The van der Waals surface area contributed by atoms with Gasteiger partial charge in [-0.05, 0) is 42.5 Å². The summed E-state index contributed by atoms with van der Waals surface area (Å²) in [5.74, 6) is 1.28. The highest BCUT2D eigenvalue weighted by Gasteiger charge is 2.19. The Balaban J connectivity index is 1.94. The molecular weight excluding hydrogens is 203 g/mol. The molecule has 0 bridgehead atoms. The number of ether oxygens (including phenoxy) is 1. The highest BCUT2D eigenvalue weighted by Crippen LogP contribution is 2.29. The van der Waals surface area contributed by atoms with Gasteiger partial charge in [-0.25, -0.2) is 4.39 Å². The van der Waals surface area contributed by atoms with Gasteiger partial charge in [-0.1, -0.05) is 26.2 Å². The molecule has 88 valence electrons. The van der Waals surface area contributed by atoms with E-state index >= 15 is 0 Å². The highest BCUT2D eigenvalue weighted by molar-refractivity contribution is 5.35. The van der Waals surface area contributed by atoms with Gasteiger partial charge in [0.2, 0.25) is 0 Å². The van der Waals surface area contributed by atoms with Gasteiger partial charge in [0.25, 0.3) is 0 Å². The molecule has 0 aliphatic carbocycles. The molecule has 0 amide bonds. The number of unbranched alkanes of at least 4 members (excludes halogenated alkanes) is 2. The Bertz CT molecular complexity index is 349. The molecule has 1 nitrogen and oxygen atoms in total. The van der Waals surface area contributed by atoms with Crippen LogP contribution in [0.2, 0.25) is 0 Å². The normalized spacial score (nSPS) is 19.0. The fraction of sp³-hybridized carbons (Fsp3) is 0.571. The third kappa shape index (κ3) is 2.75. The van der Waals surface area contributed by atoms with Crippen molar-refractivity contribution in [3.05, 3.63) is 29.6 Å². The van der Waals surface area contributed by atoms with Crippen LogP contribution in [0.5, 0.6) is 5.75 Å². The first kappa shape index (κ1) is 11.4. The molecule has 1 heterocycles. The Morgan fingerprint density at radius 2 is 2.25 bits per heavy atom. The molecule has 1 aliphatic rings. The molecular formula is C14H19FO. The van der Waals surface area contributed by atoms with Gasteiger partial charge < -0.3 is 4.74 Å². The van der Waals surface area contributed by atoms with Crippen LogP contribution in [-0.2, 0) is 6.42 Å². The molecule has 0 saturated heterocycles. The van der Waals surface area contributed by atoms with Crippen LogP contribution in [0.1, 0.15) is 38.2 Å². The molecule has 2 heteroatoms. The van der Waals surface area contributed by atoms with E-state index in [0.717, 1.165) is 24.3 Å². The fourth-order valence-electron chi connectivity index (χ4n) is 2.29.